The lowest BCUT2D eigenvalue weighted by Crippen LogP contribution is -2.39. The van der Waals surface area contributed by atoms with Gasteiger partial charge in [-0.25, -0.2) is 4.99 Å². The van der Waals surface area contributed by atoms with Gasteiger partial charge in [0.25, 0.3) is 0 Å². The van der Waals surface area contributed by atoms with E-state index in [0.29, 0.717) is 18.6 Å². The number of ether oxygens (including phenoxy) is 1. The Hall–Kier alpha value is -1.29. The molecule has 1 aliphatic rings. The van der Waals surface area contributed by atoms with Crippen LogP contribution in [0.3, 0.4) is 0 Å². The summed E-state index contributed by atoms with van der Waals surface area (Å²) in [4.78, 5) is 16.2. The Morgan fingerprint density at radius 2 is 2.07 bits per heavy atom. The number of amides is 1. The Labute approximate surface area is 179 Å². The van der Waals surface area contributed by atoms with E-state index < -0.39 is 0 Å². The van der Waals surface area contributed by atoms with Crippen molar-refractivity contribution in [3.05, 3.63) is 24.2 Å². The van der Waals surface area contributed by atoms with Crippen LogP contribution in [0.4, 0.5) is 0 Å². The van der Waals surface area contributed by atoms with Crippen molar-refractivity contribution in [3.8, 4) is 0 Å². The maximum Gasteiger partial charge on any atom is 0.242 e. The Morgan fingerprint density at radius 3 is 2.78 bits per heavy atom. The quantitative estimate of drug-likeness (QED) is 0.202. The summed E-state index contributed by atoms with van der Waals surface area (Å²) in [5.74, 6) is 1.24. The average Bonchev–Trinajstić information content (AvgIpc) is 3.18. The molecule has 1 heterocycles. The third-order valence-corrected chi connectivity index (χ3v) is 4.28. The molecular formula is C19H33IN4O3. The van der Waals surface area contributed by atoms with Crippen LogP contribution in [0.15, 0.2) is 27.8 Å². The van der Waals surface area contributed by atoms with Gasteiger partial charge >= 0.3 is 0 Å². The van der Waals surface area contributed by atoms with Crippen molar-refractivity contribution in [1.82, 2.24) is 16.0 Å². The fourth-order valence-corrected chi connectivity index (χ4v) is 2.91. The highest BCUT2D eigenvalue weighted by Crippen LogP contribution is 2.20. The Kier molecular flexibility index (Phi) is 13.0. The minimum Gasteiger partial charge on any atom is -0.467 e. The summed E-state index contributed by atoms with van der Waals surface area (Å²) in [6.07, 6.45) is 9.29. The van der Waals surface area contributed by atoms with Crippen molar-refractivity contribution >= 4 is 35.8 Å². The molecule has 0 bridgehead atoms. The number of hydrogen-bond acceptors (Lipinski definition) is 4. The zero-order chi connectivity index (χ0) is 18.5. The maximum absolute atomic E-state index is 11.9. The predicted octanol–water partition coefficient (Wildman–Crippen LogP) is 2.81. The second kappa shape index (κ2) is 14.7. The van der Waals surface area contributed by atoms with Crippen LogP contribution in [0.25, 0.3) is 0 Å². The van der Waals surface area contributed by atoms with Gasteiger partial charge in [-0.05, 0) is 38.3 Å². The highest BCUT2D eigenvalue weighted by atomic mass is 127. The van der Waals surface area contributed by atoms with E-state index in [9.17, 15) is 4.79 Å². The lowest BCUT2D eigenvalue weighted by atomic mass is 9.98. The summed E-state index contributed by atoms with van der Waals surface area (Å²) >= 11 is 0. The third kappa shape index (κ3) is 10.6. The van der Waals surface area contributed by atoms with Gasteiger partial charge in [0.1, 0.15) is 12.3 Å². The molecule has 1 aliphatic carbocycles. The van der Waals surface area contributed by atoms with E-state index in [2.05, 4.69) is 20.9 Å². The molecule has 3 N–H and O–H groups in total. The van der Waals surface area contributed by atoms with E-state index in [1.807, 2.05) is 13.0 Å². The fraction of sp³-hybridized carbons (Fsp3) is 0.684. The first-order valence-corrected chi connectivity index (χ1v) is 9.70. The molecule has 1 aromatic rings. The minimum absolute atomic E-state index is 0. The van der Waals surface area contributed by atoms with Crippen LogP contribution in [0.1, 0.15) is 51.2 Å². The van der Waals surface area contributed by atoms with Crippen LogP contribution in [-0.4, -0.2) is 44.2 Å². The Balaban J connectivity index is 0.00000364. The molecule has 7 nitrogen and oxygen atoms in total. The van der Waals surface area contributed by atoms with Crippen molar-refractivity contribution in [2.45, 2.75) is 58.1 Å². The lowest BCUT2D eigenvalue weighted by molar-refractivity contribution is -0.119. The van der Waals surface area contributed by atoms with E-state index in [4.69, 9.17) is 9.15 Å². The summed E-state index contributed by atoms with van der Waals surface area (Å²) in [7, 11) is 0. The molecule has 1 aromatic heterocycles. The molecule has 0 atom stereocenters. The van der Waals surface area contributed by atoms with Crippen LogP contribution in [0.5, 0.6) is 0 Å². The Morgan fingerprint density at radius 1 is 1.26 bits per heavy atom. The monoisotopic (exact) mass is 492 g/mol. The molecule has 1 fully saturated rings. The number of guanidine groups is 1. The summed E-state index contributed by atoms with van der Waals surface area (Å²) in [5.41, 5.74) is 0. The van der Waals surface area contributed by atoms with Gasteiger partial charge in [0.15, 0.2) is 5.96 Å². The number of halogens is 1. The molecule has 1 saturated carbocycles. The summed E-state index contributed by atoms with van der Waals surface area (Å²) in [6.45, 7) is 4.74. The maximum atomic E-state index is 11.9. The molecular weight excluding hydrogens is 459 g/mol. The molecule has 0 saturated heterocycles. The molecule has 0 radical (unpaired) electrons. The number of rotatable bonds is 10. The molecule has 0 unspecified atom stereocenters. The molecule has 8 heteroatoms. The van der Waals surface area contributed by atoms with E-state index in [1.54, 1.807) is 12.3 Å². The summed E-state index contributed by atoms with van der Waals surface area (Å²) in [5, 5.41) is 9.17. The van der Waals surface area contributed by atoms with E-state index in [0.717, 1.165) is 31.9 Å². The number of nitrogens with one attached hydrogen (secondary N) is 3. The highest BCUT2D eigenvalue weighted by Gasteiger charge is 2.13. The van der Waals surface area contributed by atoms with Gasteiger partial charge in [-0.3, -0.25) is 4.79 Å². The van der Waals surface area contributed by atoms with Crippen LogP contribution in [0.2, 0.25) is 0 Å². The standard InChI is InChI=1S/C19H32N4O3.HI/c1-2-20-19(21-11-7-13-25-16-8-4-3-5-9-16)23-15-18(24)22-14-17-10-6-12-26-17;/h6,10,12,16H,2-5,7-9,11,13-15H2,1H3,(H,22,24)(H2,20,21,23);1H. The van der Waals surface area contributed by atoms with Gasteiger partial charge < -0.3 is 25.1 Å². The number of furan rings is 1. The number of carbonyl (C=O) groups excluding carboxylic acids is 1. The first-order chi connectivity index (χ1) is 12.8. The topological polar surface area (TPSA) is 87.9 Å². The molecule has 0 spiro atoms. The minimum atomic E-state index is -0.140. The van der Waals surface area contributed by atoms with Gasteiger partial charge in [-0.2, -0.15) is 0 Å². The molecule has 2 rings (SSSR count). The van der Waals surface area contributed by atoms with Crippen molar-refractivity contribution < 1.29 is 13.9 Å². The zero-order valence-corrected chi connectivity index (χ0v) is 18.5. The normalized spacial score (nSPS) is 15.1. The highest BCUT2D eigenvalue weighted by molar-refractivity contribution is 14.0. The van der Waals surface area contributed by atoms with E-state index >= 15 is 0 Å². The smallest absolute Gasteiger partial charge is 0.242 e. The lowest BCUT2D eigenvalue weighted by Gasteiger charge is -2.22. The molecule has 0 aliphatic heterocycles. The first-order valence-electron chi connectivity index (χ1n) is 9.70. The van der Waals surface area contributed by atoms with Crippen molar-refractivity contribution in [2.75, 3.05) is 26.2 Å². The third-order valence-electron chi connectivity index (χ3n) is 4.28. The summed E-state index contributed by atoms with van der Waals surface area (Å²) in [6, 6.07) is 3.62. The zero-order valence-electron chi connectivity index (χ0n) is 16.2. The average molecular weight is 492 g/mol. The van der Waals surface area contributed by atoms with Crippen LogP contribution in [-0.2, 0) is 16.1 Å². The van der Waals surface area contributed by atoms with Gasteiger partial charge in [-0.15, -0.1) is 24.0 Å². The SMILES string of the molecule is CCNC(=NCC(=O)NCc1ccco1)NCCCOC1CCCCC1.I. The summed E-state index contributed by atoms with van der Waals surface area (Å²) < 4.78 is 11.1. The van der Waals surface area contributed by atoms with E-state index in [1.165, 1.54) is 32.1 Å². The molecule has 27 heavy (non-hydrogen) atoms. The van der Waals surface area contributed by atoms with Crippen molar-refractivity contribution in [3.63, 3.8) is 0 Å². The second-order valence-electron chi connectivity index (χ2n) is 6.46. The molecule has 154 valence electrons. The largest absolute Gasteiger partial charge is 0.467 e. The van der Waals surface area contributed by atoms with Gasteiger partial charge in [0.2, 0.25) is 5.91 Å². The Bertz CT molecular complexity index is 531. The van der Waals surface area contributed by atoms with E-state index in [-0.39, 0.29) is 36.4 Å². The fourth-order valence-electron chi connectivity index (χ4n) is 2.91. The number of hydrogen-bond donors (Lipinski definition) is 3. The second-order valence-corrected chi connectivity index (χ2v) is 6.46. The van der Waals surface area contributed by atoms with Crippen molar-refractivity contribution in [2.24, 2.45) is 4.99 Å². The predicted molar refractivity (Wildman–Crippen MR) is 117 cm³/mol. The van der Waals surface area contributed by atoms with Gasteiger partial charge in [0.05, 0.1) is 18.9 Å². The molecule has 1 amide bonds. The first kappa shape index (κ1) is 23.7. The van der Waals surface area contributed by atoms with Crippen LogP contribution in [0, 0.1) is 0 Å². The number of aliphatic imine (C=N–C) groups is 1. The number of nitrogens with zero attached hydrogens (tertiary/aromatic N) is 1. The van der Waals surface area contributed by atoms with Gasteiger partial charge in [0, 0.05) is 19.7 Å². The van der Waals surface area contributed by atoms with Crippen molar-refractivity contribution in [1.29, 1.82) is 0 Å². The van der Waals surface area contributed by atoms with Crippen LogP contribution >= 0.6 is 24.0 Å². The van der Waals surface area contributed by atoms with Gasteiger partial charge in [-0.1, -0.05) is 19.3 Å². The van der Waals surface area contributed by atoms with Crippen LogP contribution < -0.4 is 16.0 Å². The number of carbonyl (C=O) groups is 1. The molecule has 0 aromatic carbocycles.